The summed E-state index contributed by atoms with van der Waals surface area (Å²) in [6, 6.07) is 15.5. The van der Waals surface area contributed by atoms with Gasteiger partial charge in [0.15, 0.2) is 5.76 Å². The zero-order valence-corrected chi connectivity index (χ0v) is 16.5. The van der Waals surface area contributed by atoms with E-state index in [1.807, 2.05) is 49.6 Å². The Morgan fingerprint density at radius 3 is 2.75 bits per heavy atom. The van der Waals surface area contributed by atoms with Crippen LogP contribution in [0.5, 0.6) is 0 Å². The minimum absolute atomic E-state index is 0.0531. The summed E-state index contributed by atoms with van der Waals surface area (Å²) in [7, 11) is 0. The number of carbonyl (C=O) groups is 1. The lowest BCUT2D eigenvalue weighted by Crippen LogP contribution is -2.29. The quantitative estimate of drug-likeness (QED) is 0.437. The Morgan fingerprint density at radius 2 is 2.00 bits per heavy atom. The fourth-order valence-corrected chi connectivity index (χ4v) is 3.75. The number of hydrogen-bond donors (Lipinski definition) is 0. The van der Waals surface area contributed by atoms with Gasteiger partial charge in [0.25, 0.3) is 5.91 Å². The third kappa shape index (κ3) is 3.92. The molecule has 6 heteroatoms. The van der Waals surface area contributed by atoms with E-state index in [1.54, 1.807) is 11.2 Å². The van der Waals surface area contributed by atoms with Gasteiger partial charge in [-0.1, -0.05) is 28.9 Å². The van der Waals surface area contributed by atoms with Crippen molar-refractivity contribution in [3.05, 3.63) is 87.6 Å². The van der Waals surface area contributed by atoms with Gasteiger partial charge in [-0.05, 0) is 49.1 Å². The van der Waals surface area contributed by atoms with E-state index >= 15 is 0 Å². The summed E-state index contributed by atoms with van der Waals surface area (Å²) < 4.78 is 11.0. The molecule has 0 unspecified atom stereocenters. The monoisotopic (exact) mass is 392 g/mol. The lowest BCUT2D eigenvalue weighted by atomic mass is 10.0. The molecule has 0 aliphatic carbocycles. The SMILES string of the molecule is Cc1ccc(C)c(-c2cc(CN(Cc3ccco3)C(=O)c3cccs3)no2)c1. The van der Waals surface area contributed by atoms with Gasteiger partial charge in [0.05, 0.1) is 24.2 Å². The second-order valence-electron chi connectivity index (χ2n) is 6.72. The van der Waals surface area contributed by atoms with Crippen LogP contribution < -0.4 is 0 Å². The molecule has 4 aromatic rings. The Balaban J connectivity index is 1.59. The van der Waals surface area contributed by atoms with Crippen LogP contribution >= 0.6 is 11.3 Å². The van der Waals surface area contributed by atoms with Gasteiger partial charge in [-0.25, -0.2) is 0 Å². The summed E-state index contributed by atoms with van der Waals surface area (Å²) in [6.07, 6.45) is 1.61. The van der Waals surface area contributed by atoms with E-state index in [0.717, 1.165) is 22.5 Å². The Labute approximate surface area is 167 Å². The predicted octanol–water partition coefficient (Wildman–Crippen LogP) is 5.46. The minimum Gasteiger partial charge on any atom is -0.467 e. The molecule has 3 heterocycles. The van der Waals surface area contributed by atoms with Gasteiger partial charge in [0.2, 0.25) is 0 Å². The molecule has 0 fully saturated rings. The number of benzene rings is 1. The van der Waals surface area contributed by atoms with E-state index in [0.29, 0.717) is 29.4 Å². The highest BCUT2D eigenvalue weighted by Gasteiger charge is 2.21. The zero-order chi connectivity index (χ0) is 19.5. The van der Waals surface area contributed by atoms with Crippen LogP contribution in [0.25, 0.3) is 11.3 Å². The van der Waals surface area contributed by atoms with Crippen LogP contribution in [-0.2, 0) is 13.1 Å². The molecule has 3 aromatic heterocycles. The third-order valence-corrected chi connectivity index (χ3v) is 5.37. The Hall–Kier alpha value is -3.12. The highest BCUT2D eigenvalue weighted by atomic mass is 32.1. The van der Waals surface area contributed by atoms with Gasteiger partial charge in [-0.2, -0.15) is 0 Å². The molecule has 0 atom stereocenters. The summed E-state index contributed by atoms with van der Waals surface area (Å²) in [5, 5.41) is 6.10. The molecule has 142 valence electrons. The van der Waals surface area contributed by atoms with Crippen molar-refractivity contribution in [1.29, 1.82) is 0 Å². The van der Waals surface area contributed by atoms with Gasteiger partial charge in [-0.3, -0.25) is 4.79 Å². The summed E-state index contributed by atoms with van der Waals surface area (Å²) in [6.45, 7) is 4.80. The Kier molecular flexibility index (Phi) is 5.12. The second-order valence-corrected chi connectivity index (χ2v) is 7.67. The molecular formula is C22H20N2O3S. The van der Waals surface area contributed by atoms with Crippen LogP contribution in [0.3, 0.4) is 0 Å². The van der Waals surface area contributed by atoms with Crippen molar-refractivity contribution >= 4 is 17.2 Å². The third-order valence-electron chi connectivity index (χ3n) is 4.52. The normalized spacial score (nSPS) is 10.9. The first-order chi connectivity index (χ1) is 13.6. The summed E-state index contributed by atoms with van der Waals surface area (Å²) in [5.74, 6) is 1.38. The highest BCUT2D eigenvalue weighted by Crippen LogP contribution is 2.26. The molecule has 0 aliphatic heterocycles. The Morgan fingerprint density at radius 1 is 1.11 bits per heavy atom. The van der Waals surface area contributed by atoms with Gasteiger partial charge in [0, 0.05) is 11.6 Å². The number of hydrogen-bond acceptors (Lipinski definition) is 5. The molecule has 0 bridgehead atoms. The lowest BCUT2D eigenvalue weighted by molar-refractivity contribution is 0.0718. The predicted molar refractivity (Wildman–Crippen MR) is 108 cm³/mol. The molecule has 28 heavy (non-hydrogen) atoms. The van der Waals surface area contributed by atoms with Gasteiger partial charge in [0.1, 0.15) is 11.5 Å². The Bertz CT molecular complexity index is 1070. The molecule has 1 amide bonds. The highest BCUT2D eigenvalue weighted by molar-refractivity contribution is 7.12. The molecule has 0 saturated heterocycles. The van der Waals surface area contributed by atoms with E-state index in [-0.39, 0.29) is 5.91 Å². The standard InChI is InChI=1S/C22H20N2O3S/c1-15-7-8-16(2)19(11-15)20-12-17(23-27-20)13-24(14-18-5-3-9-26-18)22(25)21-6-4-10-28-21/h3-12H,13-14H2,1-2H3. The van der Waals surface area contributed by atoms with Crippen LogP contribution in [0.4, 0.5) is 0 Å². The van der Waals surface area contributed by atoms with E-state index < -0.39 is 0 Å². The van der Waals surface area contributed by atoms with E-state index in [1.165, 1.54) is 11.3 Å². The maximum Gasteiger partial charge on any atom is 0.264 e. The molecule has 5 nitrogen and oxygen atoms in total. The fourth-order valence-electron chi connectivity index (χ4n) is 3.06. The number of aryl methyl sites for hydroxylation is 2. The van der Waals surface area contributed by atoms with Crippen molar-refractivity contribution in [3.8, 4) is 11.3 Å². The maximum atomic E-state index is 12.9. The first-order valence-corrected chi connectivity index (χ1v) is 9.86. The van der Waals surface area contributed by atoms with Crippen molar-refractivity contribution in [2.75, 3.05) is 0 Å². The number of rotatable bonds is 6. The van der Waals surface area contributed by atoms with Crippen molar-refractivity contribution < 1.29 is 13.7 Å². The number of aromatic nitrogens is 1. The number of carbonyl (C=O) groups excluding carboxylic acids is 1. The number of thiophene rings is 1. The van der Waals surface area contributed by atoms with Crippen LogP contribution in [-0.4, -0.2) is 16.0 Å². The van der Waals surface area contributed by atoms with Crippen LogP contribution in [0.1, 0.15) is 32.3 Å². The summed E-state index contributed by atoms with van der Waals surface area (Å²) in [4.78, 5) is 15.4. The number of nitrogens with zero attached hydrogens (tertiary/aromatic N) is 2. The first kappa shape index (κ1) is 18.3. The zero-order valence-electron chi connectivity index (χ0n) is 15.7. The van der Waals surface area contributed by atoms with E-state index in [4.69, 9.17) is 8.94 Å². The van der Waals surface area contributed by atoms with Crippen LogP contribution in [0, 0.1) is 13.8 Å². The lowest BCUT2D eigenvalue weighted by Gasteiger charge is -2.19. The van der Waals surface area contributed by atoms with E-state index in [2.05, 4.69) is 23.4 Å². The molecule has 0 spiro atoms. The molecule has 0 aliphatic rings. The molecule has 4 rings (SSSR count). The van der Waals surface area contributed by atoms with Crippen molar-refractivity contribution in [3.63, 3.8) is 0 Å². The molecular weight excluding hydrogens is 372 g/mol. The first-order valence-electron chi connectivity index (χ1n) is 8.98. The maximum absolute atomic E-state index is 12.9. The van der Waals surface area contributed by atoms with Crippen LogP contribution in [0.15, 0.2) is 69.1 Å². The topological polar surface area (TPSA) is 59.5 Å². The van der Waals surface area contributed by atoms with Crippen molar-refractivity contribution in [1.82, 2.24) is 10.1 Å². The minimum atomic E-state index is -0.0531. The smallest absolute Gasteiger partial charge is 0.264 e. The molecule has 0 N–H and O–H groups in total. The molecule has 0 saturated carbocycles. The van der Waals surface area contributed by atoms with Gasteiger partial charge < -0.3 is 13.8 Å². The molecule has 0 radical (unpaired) electrons. The van der Waals surface area contributed by atoms with Gasteiger partial charge in [-0.15, -0.1) is 11.3 Å². The fraction of sp³-hybridized carbons (Fsp3) is 0.182. The van der Waals surface area contributed by atoms with E-state index in [9.17, 15) is 4.79 Å². The van der Waals surface area contributed by atoms with Crippen molar-refractivity contribution in [2.45, 2.75) is 26.9 Å². The molecule has 1 aromatic carbocycles. The van der Waals surface area contributed by atoms with Crippen molar-refractivity contribution in [2.24, 2.45) is 0 Å². The second kappa shape index (κ2) is 7.86. The summed E-state index contributed by atoms with van der Waals surface area (Å²) >= 11 is 1.42. The average molecular weight is 392 g/mol. The summed E-state index contributed by atoms with van der Waals surface area (Å²) in [5.41, 5.74) is 3.99. The average Bonchev–Trinajstić information content (AvgIpc) is 3.45. The number of furan rings is 1. The number of amides is 1. The largest absolute Gasteiger partial charge is 0.467 e. The van der Waals surface area contributed by atoms with Gasteiger partial charge >= 0.3 is 0 Å². The van der Waals surface area contributed by atoms with Crippen LogP contribution in [0.2, 0.25) is 0 Å².